The Bertz CT molecular complexity index is 63.7. The maximum Gasteiger partial charge on any atom is 0.316 e. The molecular weight excluding hydrogens is 134 g/mol. The van der Waals surface area contributed by atoms with E-state index in [1.807, 2.05) is 0 Å². The van der Waals surface area contributed by atoms with E-state index in [1.165, 1.54) is 0 Å². The maximum atomic E-state index is 3.85. The van der Waals surface area contributed by atoms with E-state index < -0.39 is 0 Å². The first-order chi connectivity index (χ1) is 4.09. The van der Waals surface area contributed by atoms with Crippen LogP contribution in [0.2, 0.25) is 0 Å². The van der Waals surface area contributed by atoms with E-state index in [0.717, 1.165) is 6.54 Å². The molecule has 0 aliphatic heterocycles. The van der Waals surface area contributed by atoms with Crippen LogP contribution in [0.3, 0.4) is 0 Å². The first-order valence-corrected chi connectivity index (χ1v) is 3.64. The Hall–Kier alpha value is 0.726. The Morgan fingerprint density at radius 1 is 1.10 bits per heavy atom. The Morgan fingerprint density at radius 2 is 1.40 bits per heavy atom. The summed E-state index contributed by atoms with van der Waals surface area (Å²) in [4.78, 5) is 2.35. The molecule has 0 aromatic heterocycles. The second-order valence-corrected chi connectivity index (χ2v) is 2.93. The smallest absolute Gasteiger partial charge is 0.299 e. The molecule has 10 heavy (non-hydrogen) atoms. The van der Waals surface area contributed by atoms with Gasteiger partial charge in [-0.15, -0.1) is 0 Å². The van der Waals surface area contributed by atoms with Gasteiger partial charge in [0.1, 0.15) is 0 Å². The van der Waals surface area contributed by atoms with Crippen molar-refractivity contribution in [1.82, 2.24) is 4.90 Å². The molecule has 0 saturated carbocycles. The topological polar surface area (TPSA) is 3.24 Å². The Morgan fingerprint density at radius 3 is 1.40 bits per heavy atom. The van der Waals surface area contributed by atoms with E-state index >= 15 is 0 Å². The summed E-state index contributed by atoms with van der Waals surface area (Å²) in [6, 6.07) is 1.25. The predicted octanol–water partition coefficient (Wildman–Crippen LogP) is 1.02. The Balaban J connectivity index is 0. The first-order valence-electron chi connectivity index (χ1n) is 3.64. The van der Waals surface area contributed by atoms with Crippen LogP contribution in [-0.4, -0.2) is 46.6 Å². The lowest BCUT2D eigenvalue weighted by molar-refractivity contribution is 0.195. The summed E-state index contributed by atoms with van der Waals surface area (Å²) in [5, 5.41) is 0. The summed E-state index contributed by atoms with van der Waals surface area (Å²) < 4.78 is 0. The van der Waals surface area contributed by atoms with E-state index in [0.29, 0.717) is 12.1 Å². The normalized spacial score (nSPS) is 10.8. The summed E-state index contributed by atoms with van der Waals surface area (Å²) in [6.07, 6.45) is 0. The molecule has 0 aliphatic carbocycles. The van der Waals surface area contributed by atoms with E-state index in [1.54, 1.807) is 0 Å². The highest BCUT2D eigenvalue weighted by molar-refractivity contribution is 5.75. The molecule has 0 atom stereocenters. The van der Waals surface area contributed by atoms with Gasteiger partial charge in [-0.3, -0.25) is 4.90 Å². The third kappa shape index (κ3) is 4.53. The van der Waals surface area contributed by atoms with Crippen molar-refractivity contribution in [2.75, 3.05) is 6.54 Å². The van der Waals surface area contributed by atoms with Gasteiger partial charge < -0.3 is 0 Å². The Labute approximate surface area is 81.3 Å². The molecule has 0 heterocycles. The zero-order chi connectivity index (χ0) is 7.44. The highest BCUT2D eigenvalue weighted by Gasteiger charge is 2.09. The molecule has 1 radical (unpaired) electrons. The van der Waals surface area contributed by atoms with Crippen LogP contribution in [0, 0.1) is 6.92 Å². The van der Waals surface area contributed by atoms with Crippen LogP contribution < -0.4 is 0 Å². The number of nitrogens with zero attached hydrogens (tertiary/aromatic N) is 1. The summed E-state index contributed by atoms with van der Waals surface area (Å²) in [5.74, 6) is 0. The molecule has 0 amide bonds. The van der Waals surface area contributed by atoms with Crippen molar-refractivity contribution in [2.45, 2.75) is 39.8 Å². The van der Waals surface area contributed by atoms with Gasteiger partial charge in [-0.1, -0.05) is 0 Å². The largest absolute Gasteiger partial charge is 0.316 e. The first kappa shape index (κ1) is 13.3. The molecule has 1 nitrogen and oxygen atoms in total. The number of hydrogen-bond donors (Lipinski definition) is 0. The van der Waals surface area contributed by atoms with E-state index in [9.17, 15) is 0 Å². The van der Waals surface area contributed by atoms with Crippen LogP contribution in [0.5, 0.6) is 0 Å². The van der Waals surface area contributed by atoms with Crippen LogP contribution in [0.1, 0.15) is 27.7 Å². The average molecular weight is 155 g/mol. The minimum Gasteiger partial charge on any atom is -0.299 e. The molecule has 0 unspecified atom stereocenters. The lowest BCUT2D eigenvalue weighted by Gasteiger charge is -2.28. The maximum absolute atomic E-state index is 3.85. The molecule has 59 valence electrons. The second kappa shape index (κ2) is 6.44. The van der Waals surface area contributed by atoms with Gasteiger partial charge in [0.05, 0.1) is 0 Å². The van der Waals surface area contributed by atoms with Gasteiger partial charge in [0, 0.05) is 12.1 Å². The van der Waals surface area contributed by atoms with Crippen molar-refractivity contribution in [1.29, 1.82) is 0 Å². The minimum atomic E-state index is 0. The van der Waals surface area contributed by atoms with Gasteiger partial charge in [0.2, 0.25) is 0 Å². The van der Waals surface area contributed by atoms with Gasteiger partial charge >= 0.3 is 23.1 Å². The minimum absolute atomic E-state index is 0. The summed E-state index contributed by atoms with van der Waals surface area (Å²) >= 11 is 0. The summed E-state index contributed by atoms with van der Waals surface area (Å²) in [7, 11) is 0. The highest BCUT2D eigenvalue weighted by Crippen LogP contribution is 2.02. The third-order valence-electron chi connectivity index (χ3n) is 1.58. The Kier molecular flexibility index (Phi) is 8.58. The van der Waals surface area contributed by atoms with E-state index in [2.05, 4.69) is 39.5 Å². The standard InChI is InChI=1S/C8H18N.Mg.2H/c1-6-9(7(2)3)8(4)5;;;/h7-8H,1,6H2,2-5H3;;;. The molecule has 0 bridgehead atoms. The molecule has 0 N–H and O–H groups in total. The zero-order valence-electron chi connectivity index (χ0n) is 7.02. The molecule has 0 spiro atoms. The van der Waals surface area contributed by atoms with Gasteiger partial charge in [-0.05, 0) is 41.2 Å². The number of rotatable bonds is 3. The number of hydrogen-bond acceptors (Lipinski definition) is 1. The molecule has 0 fully saturated rings. The van der Waals surface area contributed by atoms with E-state index in [-0.39, 0.29) is 23.1 Å². The van der Waals surface area contributed by atoms with Crippen molar-refractivity contribution < 1.29 is 0 Å². The average Bonchev–Trinajstić information content (AvgIpc) is 1.64. The molecule has 0 rings (SSSR count). The van der Waals surface area contributed by atoms with Crippen LogP contribution in [0.4, 0.5) is 0 Å². The fourth-order valence-corrected chi connectivity index (χ4v) is 1.11. The van der Waals surface area contributed by atoms with Crippen molar-refractivity contribution in [3.05, 3.63) is 6.92 Å². The SMILES string of the molecule is [CH2]CN(C(C)C)C(C)C.[MgH2]. The zero-order valence-corrected chi connectivity index (χ0v) is 7.02. The molecule has 0 aromatic carbocycles. The molecule has 0 saturated heterocycles. The van der Waals surface area contributed by atoms with Crippen molar-refractivity contribution in [3.63, 3.8) is 0 Å². The van der Waals surface area contributed by atoms with E-state index in [4.69, 9.17) is 0 Å². The summed E-state index contributed by atoms with van der Waals surface area (Å²) in [6.45, 7) is 13.6. The van der Waals surface area contributed by atoms with Crippen LogP contribution in [0.25, 0.3) is 0 Å². The fourth-order valence-electron chi connectivity index (χ4n) is 1.11. The molecule has 2 heteroatoms. The van der Waals surface area contributed by atoms with Gasteiger partial charge in [-0.25, -0.2) is 0 Å². The lowest BCUT2D eigenvalue weighted by atomic mass is 10.2. The molecular formula is C8H20MgN. The molecule has 0 aliphatic rings. The van der Waals surface area contributed by atoms with Gasteiger partial charge in [0.15, 0.2) is 0 Å². The van der Waals surface area contributed by atoms with Crippen molar-refractivity contribution in [3.8, 4) is 0 Å². The van der Waals surface area contributed by atoms with Crippen molar-refractivity contribution in [2.24, 2.45) is 0 Å². The van der Waals surface area contributed by atoms with Crippen LogP contribution >= 0.6 is 0 Å². The monoisotopic (exact) mass is 154 g/mol. The fraction of sp³-hybridized carbons (Fsp3) is 0.875. The highest BCUT2D eigenvalue weighted by atomic mass is 24.3. The molecule has 0 aromatic rings. The summed E-state index contributed by atoms with van der Waals surface area (Å²) in [5.41, 5.74) is 0. The third-order valence-corrected chi connectivity index (χ3v) is 1.58. The van der Waals surface area contributed by atoms with Crippen LogP contribution in [0.15, 0.2) is 0 Å². The van der Waals surface area contributed by atoms with Gasteiger partial charge in [0.25, 0.3) is 0 Å². The van der Waals surface area contributed by atoms with Crippen LogP contribution in [-0.2, 0) is 0 Å². The lowest BCUT2D eigenvalue weighted by Crippen LogP contribution is -2.36. The van der Waals surface area contributed by atoms with Gasteiger partial charge in [-0.2, -0.15) is 0 Å². The second-order valence-electron chi connectivity index (χ2n) is 2.93. The quantitative estimate of drug-likeness (QED) is 0.549. The van der Waals surface area contributed by atoms with Crippen molar-refractivity contribution >= 4 is 23.1 Å². The predicted molar refractivity (Wildman–Crippen MR) is 50.9 cm³/mol.